The van der Waals surface area contributed by atoms with Gasteiger partial charge in [-0.2, -0.15) is 4.37 Å². The molecular formula is C12H22N4OS. The van der Waals surface area contributed by atoms with E-state index in [4.69, 9.17) is 4.74 Å². The molecule has 1 aromatic heterocycles. The molecule has 0 aromatic carbocycles. The Bertz CT molecular complexity index is 358. The van der Waals surface area contributed by atoms with Crippen LogP contribution in [0.25, 0.3) is 0 Å². The molecule has 0 unspecified atom stereocenters. The highest BCUT2D eigenvalue weighted by Gasteiger charge is 2.20. The number of rotatable bonds is 6. The third kappa shape index (κ3) is 3.90. The first-order chi connectivity index (χ1) is 8.81. The number of nitrogens with zero attached hydrogens (tertiary/aromatic N) is 3. The largest absolute Gasteiger partial charge is 0.383 e. The number of piperidine rings is 1. The first-order valence-corrected chi connectivity index (χ1v) is 7.39. The second-order valence-corrected chi connectivity index (χ2v) is 5.40. The fourth-order valence-corrected chi connectivity index (χ4v) is 2.95. The van der Waals surface area contributed by atoms with E-state index in [1.807, 2.05) is 0 Å². The number of likely N-dealkylation sites (tertiary alicyclic amines) is 1. The molecule has 6 heteroatoms. The summed E-state index contributed by atoms with van der Waals surface area (Å²) in [6.07, 6.45) is 3.36. The molecule has 0 amide bonds. The maximum absolute atomic E-state index is 5.13. The Morgan fingerprint density at radius 3 is 3.17 bits per heavy atom. The fourth-order valence-electron chi connectivity index (χ4n) is 2.23. The van der Waals surface area contributed by atoms with Crippen molar-refractivity contribution in [1.29, 1.82) is 0 Å². The summed E-state index contributed by atoms with van der Waals surface area (Å²) in [7, 11) is 1.76. The third-order valence-electron chi connectivity index (χ3n) is 3.23. The maximum Gasteiger partial charge on any atom is 0.202 e. The quantitative estimate of drug-likeness (QED) is 0.851. The second-order valence-electron chi connectivity index (χ2n) is 4.65. The zero-order chi connectivity index (χ0) is 12.8. The number of ether oxygens (including phenoxy) is 1. The van der Waals surface area contributed by atoms with Crippen LogP contribution in [0.1, 0.15) is 25.6 Å². The van der Waals surface area contributed by atoms with Crippen LogP contribution in [0.15, 0.2) is 0 Å². The van der Waals surface area contributed by atoms with Crippen LogP contribution in [0, 0.1) is 0 Å². The predicted molar refractivity (Wildman–Crippen MR) is 74.2 cm³/mol. The Balaban J connectivity index is 1.81. The molecule has 0 aliphatic carbocycles. The number of methoxy groups -OCH3 is 1. The van der Waals surface area contributed by atoms with Crippen molar-refractivity contribution in [3.05, 3.63) is 5.82 Å². The number of anilines is 1. The summed E-state index contributed by atoms with van der Waals surface area (Å²) in [4.78, 5) is 6.91. The van der Waals surface area contributed by atoms with E-state index in [0.717, 1.165) is 37.1 Å². The van der Waals surface area contributed by atoms with Gasteiger partial charge in [0.25, 0.3) is 0 Å². The Morgan fingerprint density at radius 1 is 1.56 bits per heavy atom. The van der Waals surface area contributed by atoms with Crippen LogP contribution in [0.3, 0.4) is 0 Å². The Hall–Kier alpha value is -0.720. The van der Waals surface area contributed by atoms with Crippen molar-refractivity contribution in [3.8, 4) is 0 Å². The molecule has 1 atom stereocenters. The summed E-state index contributed by atoms with van der Waals surface area (Å²) >= 11 is 1.47. The van der Waals surface area contributed by atoms with E-state index >= 15 is 0 Å². The lowest BCUT2D eigenvalue weighted by atomic mass is 10.1. The lowest BCUT2D eigenvalue weighted by Crippen LogP contribution is -2.43. The van der Waals surface area contributed by atoms with Crippen molar-refractivity contribution in [3.63, 3.8) is 0 Å². The molecule has 102 valence electrons. The normalized spacial score (nSPS) is 21.1. The van der Waals surface area contributed by atoms with Gasteiger partial charge in [-0.15, -0.1) is 0 Å². The van der Waals surface area contributed by atoms with E-state index in [1.54, 1.807) is 7.11 Å². The van der Waals surface area contributed by atoms with Crippen LogP contribution in [0.2, 0.25) is 0 Å². The van der Waals surface area contributed by atoms with Crippen molar-refractivity contribution < 1.29 is 4.74 Å². The van der Waals surface area contributed by atoms with Crippen LogP contribution in [-0.4, -0.2) is 53.7 Å². The summed E-state index contributed by atoms with van der Waals surface area (Å²) in [6.45, 7) is 6.16. The smallest absolute Gasteiger partial charge is 0.202 e. The minimum atomic E-state index is 0.494. The van der Waals surface area contributed by atoms with Gasteiger partial charge in [-0.3, -0.25) is 4.90 Å². The molecule has 1 fully saturated rings. The lowest BCUT2D eigenvalue weighted by molar-refractivity contribution is 0.131. The first kappa shape index (κ1) is 13.7. The van der Waals surface area contributed by atoms with E-state index in [-0.39, 0.29) is 0 Å². The zero-order valence-electron chi connectivity index (χ0n) is 11.2. The average molecular weight is 270 g/mol. The minimum absolute atomic E-state index is 0.494. The van der Waals surface area contributed by atoms with Crippen molar-refractivity contribution in [2.24, 2.45) is 0 Å². The van der Waals surface area contributed by atoms with E-state index < -0.39 is 0 Å². The Labute approximate surface area is 113 Å². The molecule has 1 aliphatic heterocycles. The molecule has 5 nitrogen and oxygen atoms in total. The topological polar surface area (TPSA) is 50.3 Å². The molecule has 0 radical (unpaired) electrons. The highest BCUT2D eigenvalue weighted by molar-refractivity contribution is 7.09. The number of aryl methyl sites for hydroxylation is 1. The lowest BCUT2D eigenvalue weighted by Gasteiger charge is -2.32. The summed E-state index contributed by atoms with van der Waals surface area (Å²) in [6, 6.07) is 0.494. The molecule has 1 aromatic rings. The summed E-state index contributed by atoms with van der Waals surface area (Å²) < 4.78 is 9.44. The molecule has 2 rings (SSSR count). The van der Waals surface area contributed by atoms with E-state index in [1.165, 1.54) is 30.9 Å². The van der Waals surface area contributed by atoms with Crippen LogP contribution < -0.4 is 5.32 Å². The maximum atomic E-state index is 5.13. The highest BCUT2D eigenvalue weighted by Crippen LogP contribution is 2.17. The Morgan fingerprint density at radius 2 is 2.44 bits per heavy atom. The number of aromatic nitrogens is 2. The van der Waals surface area contributed by atoms with Gasteiger partial charge in [-0.1, -0.05) is 6.92 Å². The van der Waals surface area contributed by atoms with Gasteiger partial charge in [0.1, 0.15) is 5.82 Å². The van der Waals surface area contributed by atoms with Crippen LogP contribution in [0.4, 0.5) is 5.13 Å². The molecule has 0 bridgehead atoms. The molecule has 1 N–H and O–H groups in total. The monoisotopic (exact) mass is 270 g/mol. The van der Waals surface area contributed by atoms with E-state index in [2.05, 4.69) is 26.5 Å². The van der Waals surface area contributed by atoms with Gasteiger partial charge in [0.05, 0.1) is 6.61 Å². The molecule has 1 saturated heterocycles. The minimum Gasteiger partial charge on any atom is -0.383 e. The van der Waals surface area contributed by atoms with E-state index in [9.17, 15) is 0 Å². The first-order valence-electron chi connectivity index (χ1n) is 6.62. The Kier molecular flexibility index (Phi) is 5.34. The average Bonchev–Trinajstić information content (AvgIpc) is 2.84. The van der Waals surface area contributed by atoms with Gasteiger partial charge in [0.2, 0.25) is 5.13 Å². The van der Waals surface area contributed by atoms with Crippen molar-refractivity contribution in [2.75, 3.05) is 38.7 Å². The molecular weight excluding hydrogens is 248 g/mol. The number of hydrogen-bond donors (Lipinski definition) is 1. The summed E-state index contributed by atoms with van der Waals surface area (Å²) in [5, 5.41) is 4.47. The number of hydrogen-bond acceptors (Lipinski definition) is 6. The van der Waals surface area contributed by atoms with Gasteiger partial charge >= 0.3 is 0 Å². The van der Waals surface area contributed by atoms with Crippen molar-refractivity contribution >= 4 is 16.7 Å². The van der Waals surface area contributed by atoms with Gasteiger partial charge in [0.15, 0.2) is 0 Å². The highest BCUT2D eigenvalue weighted by atomic mass is 32.1. The van der Waals surface area contributed by atoms with Crippen LogP contribution >= 0.6 is 11.5 Å². The van der Waals surface area contributed by atoms with Crippen LogP contribution in [-0.2, 0) is 11.2 Å². The van der Waals surface area contributed by atoms with Crippen molar-refractivity contribution in [2.45, 2.75) is 32.2 Å². The van der Waals surface area contributed by atoms with Crippen molar-refractivity contribution in [1.82, 2.24) is 14.3 Å². The van der Waals surface area contributed by atoms with Gasteiger partial charge in [0, 0.05) is 44.2 Å². The van der Waals surface area contributed by atoms with Gasteiger partial charge < -0.3 is 10.1 Å². The second kappa shape index (κ2) is 7.01. The van der Waals surface area contributed by atoms with Gasteiger partial charge in [-0.25, -0.2) is 4.98 Å². The summed E-state index contributed by atoms with van der Waals surface area (Å²) in [5.41, 5.74) is 0. The molecule has 18 heavy (non-hydrogen) atoms. The predicted octanol–water partition coefficient (Wildman–Crippen LogP) is 1.62. The number of nitrogens with one attached hydrogen (secondary N) is 1. The molecule has 2 heterocycles. The zero-order valence-corrected chi connectivity index (χ0v) is 12.0. The fraction of sp³-hybridized carbons (Fsp3) is 0.833. The third-order valence-corrected chi connectivity index (χ3v) is 3.91. The molecule has 0 saturated carbocycles. The molecule has 0 spiro atoms. The SMILES string of the molecule is CCc1nsc(N[C@H]2CCCN(CCOC)C2)n1. The summed E-state index contributed by atoms with van der Waals surface area (Å²) in [5.74, 6) is 0.939. The van der Waals surface area contributed by atoms with Gasteiger partial charge in [-0.05, 0) is 19.4 Å². The van der Waals surface area contributed by atoms with E-state index in [0.29, 0.717) is 6.04 Å². The molecule has 1 aliphatic rings. The van der Waals surface area contributed by atoms with Crippen LogP contribution in [0.5, 0.6) is 0 Å². The standard InChI is InChI=1S/C12H22N4OS/c1-3-11-14-12(18-15-11)13-10-5-4-6-16(9-10)7-8-17-2/h10H,3-9H2,1-2H3,(H,13,14,15)/t10-/m0/s1.